The Bertz CT molecular complexity index is 614. The number of para-hydroxylation sites is 1. The second-order valence-electron chi connectivity index (χ2n) is 3.98. The van der Waals surface area contributed by atoms with E-state index in [2.05, 4.69) is 10.3 Å². The number of rotatable bonds is 4. The Labute approximate surface area is 121 Å². The zero-order valence-electron chi connectivity index (χ0n) is 10.9. The molecular formula is C14H14ClN3O2. The Morgan fingerprint density at radius 2 is 2.20 bits per heavy atom. The third-order valence-electron chi connectivity index (χ3n) is 2.61. The molecule has 0 saturated heterocycles. The van der Waals surface area contributed by atoms with Crippen molar-refractivity contribution < 1.29 is 9.53 Å². The van der Waals surface area contributed by atoms with Crippen molar-refractivity contribution in [2.75, 3.05) is 17.7 Å². The van der Waals surface area contributed by atoms with E-state index >= 15 is 0 Å². The average molecular weight is 292 g/mol. The number of carbonyl (C=O) groups is 1. The summed E-state index contributed by atoms with van der Waals surface area (Å²) >= 11 is 5.72. The Morgan fingerprint density at radius 1 is 1.40 bits per heavy atom. The van der Waals surface area contributed by atoms with Crippen LogP contribution in [0.2, 0.25) is 5.15 Å². The van der Waals surface area contributed by atoms with E-state index in [0.29, 0.717) is 28.7 Å². The van der Waals surface area contributed by atoms with Gasteiger partial charge in [0.1, 0.15) is 5.15 Å². The van der Waals surface area contributed by atoms with Crippen LogP contribution in [0.5, 0.6) is 0 Å². The van der Waals surface area contributed by atoms with Crippen molar-refractivity contribution in [3.8, 4) is 0 Å². The molecule has 2 aromatic rings. The Hall–Kier alpha value is -2.27. The summed E-state index contributed by atoms with van der Waals surface area (Å²) in [6, 6.07) is 8.56. The SMILES string of the molecule is CCOC(=O)c1cccc(Nc2ccc(Cl)nc2)c1N. The molecule has 0 bridgehead atoms. The molecule has 104 valence electrons. The van der Waals surface area contributed by atoms with Crippen LogP contribution in [0.4, 0.5) is 17.1 Å². The molecule has 0 aliphatic carbocycles. The van der Waals surface area contributed by atoms with Gasteiger partial charge in [-0.05, 0) is 31.2 Å². The molecule has 0 aliphatic heterocycles. The molecule has 0 saturated carbocycles. The normalized spacial score (nSPS) is 10.1. The maximum atomic E-state index is 11.8. The maximum absolute atomic E-state index is 11.8. The van der Waals surface area contributed by atoms with E-state index in [9.17, 15) is 4.79 Å². The lowest BCUT2D eigenvalue weighted by Gasteiger charge is -2.12. The summed E-state index contributed by atoms with van der Waals surface area (Å²) in [4.78, 5) is 15.7. The predicted molar refractivity (Wildman–Crippen MR) is 79.3 cm³/mol. The van der Waals surface area contributed by atoms with Crippen molar-refractivity contribution in [2.45, 2.75) is 6.92 Å². The Balaban J connectivity index is 2.26. The lowest BCUT2D eigenvalue weighted by Crippen LogP contribution is -2.09. The van der Waals surface area contributed by atoms with Gasteiger partial charge in [-0.2, -0.15) is 0 Å². The number of aromatic nitrogens is 1. The van der Waals surface area contributed by atoms with Gasteiger partial charge in [0.2, 0.25) is 0 Å². The number of nitrogens with two attached hydrogens (primary N) is 1. The molecule has 0 spiro atoms. The quantitative estimate of drug-likeness (QED) is 0.514. The number of nitrogens with one attached hydrogen (secondary N) is 1. The minimum Gasteiger partial charge on any atom is -0.462 e. The van der Waals surface area contributed by atoms with Gasteiger partial charge in [0.05, 0.1) is 35.4 Å². The third-order valence-corrected chi connectivity index (χ3v) is 2.83. The number of nitrogens with zero attached hydrogens (tertiary/aromatic N) is 1. The van der Waals surface area contributed by atoms with Gasteiger partial charge in [0, 0.05) is 0 Å². The average Bonchev–Trinajstić information content (AvgIpc) is 2.44. The molecule has 6 heteroatoms. The van der Waals surface area contributed by atoms with Crippen molar-refractivity contribution in [1.29, 1.82) is 0 Å². The van der Waals surface area contributed by atoms with Gasteiger partial charge in [0.15, 0.2) is 0 Å². The second-order valence-corrected chi connectivity index (χ2v) is 4.37. The highest BCUT2D eigenvalue weighted by Crippen LogP contribution is 2.26. The number of esters is 1. The first-order valence-corrected chi connectivity index (χ1v) is 6.43. The smallest absolute Gasteiger partial charge is 0.340 e. The molecule has 3 N–H and O–H groups in total. The molecule has 0 aliphatic rings. The number of ether oxygens (including phenoxy) is 1. The number of anilines is 3. The van der Waals surface area contributed by atoms with Gasteiger partial charge in [-0.25, -0.2) is 9.78 Å². The third kappa shape index (κ3) is 3.19. The standard InChI is InChI=1S/C14H14ClN3O2/c1-2-20-14(19)10-4-3-5-11(13(10)16)18-9-6-7-12(15)17-8-9/h3-8,18H,2,16H2,1H3. The van der Waals surface area contributed by atoms with E-state index in [1.54, 1.807) is 43.5 Å². The molecule has 0 fully saturated rings. The van der Waals surface area contributed by atoms with Gasteiger partial charge in [-0.1, -0.05) is 17.7 Å². The van der Waals surface area contributed by atoms with Crippen molar-refractivity contribution in [2.24, 2.45) is 0 Å². The van der Waals surface area contributed by atoms with Crippen LogP contribution < -0.4 is 11.1 Å². The minimum absolute atomic E-state index is 0.303. The van der Waals surface area contributed by atoms with E-state index in [1.807, 2.05) is 0 Å². The van der Waals surface area contributed by atoms with E-state index in [1.165, 1.54) is 0 Å². The van der Waals surface area contributed by atoms with Crippen LogP contribution in [0.1, 0.15) is 17.3 Å². The van der Waals surface area contributed by atoms with Gasteiger partial charge in [-0.15, -0.1) is 0 Å². The molecule has 0 radical (unpaired) electrons. The lowest BCUT2D eigenvalue weighted by atomic mass is 10.1. The number of halogens is 1. The zero-order chi connectivity index (χ0) is 14.5. The highest BCUT2D eigenvalue weighted by atomic mass is 35.5. The highest BCUT2D eigenvalue weighted by Gasteiger charge is 2.13. The topological polar surface area (TPSA) is 77.2 Å². The molecule has 1 aromatic carbocycles. The lowest BCUT2D eigenvalue weighted by molar-refractivity contribution is 0.0527. The van der Waals surface area contributed by atoms with Crippen LogP contribution in [0.3, 0.4) is 0 Å². The van der Waals surface area contributed by atoms with Crippen LogP contribution >= 0.6 is 11.6 Å². The van der Waals surface area contributed by atoms with Crippen molar-refractivity contribution in [3.05, 3.63) is 47.2 Å². The second kappa shape index (κ2) is 6.25. The molecule has 20 heavy (non-hydrogen) atoms. The first kappa shape index (κ1) is 14.1. The first-order chi connectivity index (χ1) is 9.61. The molecule has 5 nitrogen and oxygen atoms in total. The summed E-state index contributed by atoms with van der Waals surface area (Å²) in [7, 11) is 0. The molecule has 0 unspecified atom stereocenters. The van der Waals surface area contributed by atoms with Crippen LogP contribution in [-0.4, -0.2) is 17.6 Å². The highest BCUT2D eigenvalue weighted by molar-refractivity contribution is 6.29. The van der Waals surface area contributed by atoms with E-state index in [-0.39, 0.29) is 0 Å². The fraction of sp³-hybridized carbons (Fsp3) is 0.143. The number of hydrogen-bond donors (Lipinski definition) is 2. The molecule has 1 aromatic heterocycles. The molecule has 0 atom stereocenters. The number of carbonyl (C=O) groups excluding carboxylic acids is 1. The van der Waals surface area contributed by atoms with Gasteiger partial charge in [0.25, 0.3) is 0 Å². The van der Waals surface area contributed by atoms with E-state index in [4.69, 9.17) is 22.1 Å². The fourth-order valence-corrected chi connectivity index (χ4v) is 1.78. The van der Waals surface area contributed by atoms with Gasteiger partial charge >= 0.3 is 5.97 Å². The van der Waals surface area contributed by atoms with Gasteiger partial charge < -0.3 is 15.8 Å². The summed E-state index contributed by atoms with van der Waals surface area (Å²) in [5, 5.41) is 3.49. The fourth-order valence-electron chi connectivity index (χ4n) is 1.67. The van der Waals surface area contributed by atoms with Crippen molar-refractivity contribution in [1.82, 2.24) is 4.98 Å². The summed E-state index contributed by atoms with van der Waals surface area (Å²) in [6.07, 6.45) is 1.58. The van der Waals surface area contributed by atoms with Crippen LogP contribution in [0.15, 0.2) is 36.5 Å². The Kier molecular flexibility index (Phi) is 4.42. The molecular weight excluding hydrogens is 278 g/mol. The summed E-state index contributed by atoms with van der Waals surface area (Å²) in [5.74, 6) is -0.442. The zero-order valence-corrected chi connectivity index (χ0v) is 11.6. The minimum atomic E-state index is -0.442. The van der Waals surface area contributed by atoms with Crippen molar-refractivity contribution >= 4 is 34.6 Å². The van der Waals surface area contributed by atoms with Gasteiger partial charge in [-0.3, -0.25) is 0 Å². The molecule has 0 amide bonds. The first-order valence-electron chi connectivity index (χ1n) is 6.06. The summed E-state index contributed by atoms with van der Waals surface area (Å²) in [5.41, 5.74) is 7.98. The number of benzene rings is 1. The monoisotopic (exact) mass is 291 g/mol. The number of hydrogen-bond acceptors (Lipinski definition) is 5. The number of pyridine rings is 1. The predicted octanol–water partition coefficient (Wildman–Crippen LogP) is 3.24. The van der Waals surface area contributed by atoms with E-state index in [0.717, 1.165) is 5.69 Å². The molecule has 2 rings (SSSR count). The number of nitrogen functional groups attached to an aromatic ring is 1. The van der Waals surface area contributed by atoms with Crippen LogP contribution in [0.25, 0.3) is 0 Å². The van der Waals surface area contributed by atoms with Crippen LogP contribution in [-0.2, 0) is 4.74 Å². The van der Waals surface area contributed by atoms with E-state index < -0.39 is 5.97 Å². The van der Waals surface area contributed by atoms with Crippen molar-refractivity contribution in [3.63, 3.8) is 0 Å². The summed E-state index contributed by atoms with van der Waals surface area (Å²) in [6.45, 7) is 2.05. The van der Waals surface area contributed by atoms with Crippen LogP contribution in [0, 0.1) is 0 Å². The summed E-state index contributed by atoms with van der Waals surface area (Å²) < 4.78 is 4.95. The maximum Gasteiger partial charge on any atom is 0.340 e. The largest absolute Gasteiger partial charge is 0.462 e. The molecule has 1 heterocycles. The Morgan fingerprint density at radius 3 is 2.85 bits per heavy atom.